The van der Waals surface area contributed by atoms with E-state index in [1.54, 1.807) is 0 Å². The highest BCUT2D eigenvalue weighted by Gasteiger charge is 2.33. The maximum Gasteiger partial charge on any atom is 0.119 e. The van der Waals surface area contributed by atoms with Crippen LogP contribution in [0, 0.1) is 27.7 Å². The lowest BCUT2D eigenvalue weighted by molar-refractivity contribution is 0.0807. The summed E-state index contributed by atoms with van der Waals surface area (Å²) >= 11 is 0. The fourth-order valence-corrected chi connectivity index (χ4v) is 3.36. The first-order valence-electron chi connectivity index (χ1n) is 8.67. The van der Waals surface area contributed by atoms with Crippen LogP contribution in [-0.2, 0) is 19.1 Å². The number of aliphatic hydroxyl groups is 1. The summed E-state index contributed by atoms with van der Waals surface area (Å²) in [4.78, 5) is 0. The molecule has 0 aliphatic carbocycles. The van der Waals surface area contributed by atoms with E-state index in [0.717, 1.165) is 28.1 Å². The number of hydrogen-bond acceptors (Lipinski definition) is 2. The second-order valence-corrected chi connectivity index (χ2v) is 7.04. The Labute approximate surface area is 150 Å². The van der Waals surface area contributed by atoms with Crippen molar-refractivity contribution in [2.45, 2.75) is 39.7 Å². The average molecular weight is 334 g/mol. The Bertz CT molecular complexity index is 828. The van der Waals surface area contributed by atoms with Crippen LogP contribution in [0.3, 0.4) is 0 Å². The van der Waals surface area contributed by atoms with Gasteiger partial charge in [-0.15, -0.1) is 0 Å². The van der Waals surface area contributed by atoms with Gasteiger partial charge in [0.05, 0.1) is 5.69 Å². The molecule has 0 aliphatic heterocycles. The Morgan fingerprint density at radius 2 is 1.28 bits per heavy atom. The van der Waals surface area contributed by atoms with Crippen molar-refractivity contribution in [1.82, 2.24) is 9.78 Å². The Hall–Kier alpha value is -2.39. The monoisotopic (exact) mass is 334 g/mol. The Morgan fingerprint density at radius 3 is 1.64 bits per heavy atom. The zero-order chi connectivity index (χ0) is 18.2. The largest absolute Gasteiger partial charge is 0.380 e. The molecular weight excluding hydrogens is 308 g/mol. The molecule has 0 fully saturated rings. The molecule has 3 aromatic rings. The standard InChI is InChI=1S/C22H26N2O/c1-15-6-10-19(11-7-15)22(25,20-12-8-16(2)9-13-20)14-21-17(3)23-24(5)18(21)4/h6-13,25H,14H2,1-5H3. The Kier molecular flexibility index (Phi) is 4.53. The SMILES string of the molecule is Cc1ccc(C(O)(Cc2c(C)nn(C)c2C)c2ccc(C)cc2)cc1. The van der Waals surface area contributed by atoms with Gasteiger partial charge in [-0.3, -0.25) is 4.68 Å². The second-order valence-electron chi connectivity index (χ2n) is 7.04. The molecule has 0 aliphatic rings. The summed E-state index contributed by atoms with van der Waals surface area (Å²) in [5.41, 5.74) is 6.26. The Balaban J connectivity index is 2.14. The summed E-state index contributed by atoms with van der Waals surface area (Å²) in [7, 11) is 1.95. The van der Waals surface area contributed by atoms with Gasteiger partial charge in [0.25, 0.3) is 0 Å². The third-order valence-electron chi connectivity index (χ3n) is 5.15. The predicted molar refractivity (Wildman–Crippen MR) is 102 cm³/mol. The van der Waals surface area contributed by atoms with Gasteiger partial charge in [0.15, 0.2) is 0 Å². The number of aromatic nitrogens is 2. The molecule has 3 rings (SSSR count). The van der Waals surface area contributed by atoms with Gasteiger partial charge in [0.2, 0.25) is 0 Å². The molecule has 0 bridgehead atoms. The molecule has 0 spiro atoms. The van der Waals surface area contributed by atoms with E-state index < -0.39 is 5.60 Å². The first kappa shape index (κ1) is 17.4. The summed E-state index contributed by atoms with van der Waals surface area (Å²) in [6.45, 7) is 8.18. The molecule has 1 heterocycles. The van der Waals surface area contributed by atoms with Crippen LogP contribution in [0.25, 0.3) is 0 Å². The summed E-state index contributed by atoms with van der Waals surface area (Å²) in [5, 5.41) is 16.3. The zero-order valence-electron chi connectivity index (χ0n) is 15.7. The van der Waals surface area contributed by atoms with Crippen LogP contribution in [0.1, 0.15) is 39.2 Å². The number of benzene rings is 2. The smallest absolute Gasteiger partial charge is 0.119 e. The average Bonchev–Trinajstić information content (AvgIpc) is 2.82. The summed E-state index contributed by atoms with van der Waals surface area (Å²) < 4.78 is 1.88. The predicted octanol–water partition coefficient (Wildman–Crippen LogP) is 4.13. The van der Waals surface area contributed by atoms with Gasteiger partial charge in [0, 0.05) is 19.2 Å². The quantitative estimate of drug-likeness (QED) is 0.779. The number of aryl methyl sites for hydroxylation is 4. The van der Waals surface area contributed by atoms with Gasteiger partial charge < -0.3 is 5.11 Å². The van der Waals surface area contributed by atoms with Gasteiger partial charge >= 0.3 is 0 Å². The highest BCUT2D eigenvalue weighted by atomic mass is 16.3. The van der Waals surface area contributed by atoms with Crippen molar-refractivity contribution < 1.29 is 5.11 Å². The van der Waals surface area contributed by atoms with Crippen LogP contribution >= 0.6 is 0 Å². The number of rotatable bonds is 4. The minimum absolute atomic E-state index is 0.505. The van der Waals surface area contributed by atoms with Gasteiger partial charge in [0.1, 0.15) is 5.60 Å². The first-order valence-corrected chi connectivity index (χ1v) is 8.67. The van der Waals surface area contributed by atoms with E-state index in [1.165, 1.54) is 11.1 Å². The van der Waals surface area contributed by atoms with Crippen LogP contribution in [0.4, 0.5) is 0 Å². The highest BCUT2D eigenvalue weighted by molar-refractivity contribution is 5.41. The molecule has 0 saturated carbocycles. The van der Waals surface area contributed by atoms with E-state index in [1.807, 2.05) is 42.9 Å². The van der Waals surface area contributed by atoms with Crippen molar-refractivity contribution in [1.29, 1.82) is 0 Å². The molecule has 130 valence electrons. The minimum Gasteiger partial charge on any atom is -0.380 e. The van der Waals surface area contributed by atoms with E-state index >= 15 is 0 Å². The van der Waals surface area contributed by atoms with Crippen molar-refractivity contribution in [3.63, 3.8) is 0 Å². The third-order valence-corrected chi connectivity index (χ3v) is 5.15. The lowest BCUT2D eigenvalue weighted by Gasteiger charge is -2.30. The van der Waals surface area contributed by atoms with Gasteiger partial charge in [-0.2, -0.15) is 5.10 Å². The highest BCUT2D eigenvalue weighted by Crippen LogP contribution is 2.35. The molecule has 3 nitrogen and oxygen atoms in total. The van der Waals surface area contributed by atoms with Crippen molar-refractivity contribution in [3.8, 4) is 0 Å². The fourth-order valence-electron chi connectivity index (χ4n) is 3.36. The lowest BCUT2D eigenvalue weighted by atomic mass is 9.80. The molecule has 3 heteroatoms. The van der Waals surface area contributed by atoms with E-state index in [9.17, 15) is 5.11 Å². The van der Waals surface area contributed by atoms with E-state index in [-0.39, 0.29) is 0 Å². The molecule has 1 N–H and O–H groups in total. The summed E-state index contributed by atoms with van der Waals surface area (Å²) in [6.07, 6.45) is 0.505. The van der Waals surface area contributed by atoms with Crippen LogP contribution in [0.5, 0.6) is 0 Å². The molecule has 1 aromatic heterocycles. The van der Waals surface area contributed by atoms with E-state index in [2.05, 4.69) is 50.1 Å². The molecule has 25 heavy (non-hydrogen) atoms. The molecular formula is C22H26N2O. The molecule has 0 radical (unpaired) electrons. The molecule has 2 aromatic carbocycles. The number of nitrogens with zero attached hydrogens (tertiary/aromatic N) is 2. The minimum atomic E-state index is -1.08. The lowest BCUT2D eigenvalue weighted by Crippen LogP contribution is -2.30. The second kappa shape index (κ2) is 6.49. The van der Waals surface area contributed by atoms with E-state index in [4.69, 9.17) is 0 Å². The maximum absolute atomic E-state index is 11.8. The van der Waals surface area contributed by atoms with Gasteiger partial charge in [-0.25, -0.2) is 0 Å². The normalized spacial score (nSPS) is 11.8. The third kappa shape index (κ3) is 3.24. The van der Waals surface area contributed by atoms with Crippen LogP contribution < -0.4 is 0 Å². The van der Waals surface area contributed by atoms with Crippen molar-refractivity contribution >= 4 is 0 Å². The first-order chi connectivity index (χ1) is 11.8. The van der Waals surface area contributed by atoms with Crippen LogP contribution in [0.15, 0.2) is 48.5 Å². The topological polar surface area (TPSA) is 38.1 Å². The molecule has 0 amide bonds. The van der Waals surface area contributed by atoms with Crippen molar-refractivity contribution in [2.24, 2.45) is 7.05 Å². The maximum atomic E-state index is 11.8. The number of hydrogen-bond donors (Lipinski definition) is 1. The summed E-state index contributed by atoms with van der Waals surface area (Å²) in [5.74, 6) is 0. The Morgan fingerprint density at radius 1 is 0.840 bits per heavy atom. The van der Waals surface area contributed by atoms with Gasteiger partial charge in [-0.05, 0) is 44.4 Å². The zero-order valence-corrected chi connectivity index (χ0v) is 15.7. The fraction of sp³-hybridized carbons (Fsp3) is 0.318. The van der Waals surface area contributed by atoms with Crippen LogP contribution in [-0.4, -0.2) is 14.9 Å². The van der Waals surface area contributed by atoms with Gasteiger partial charge in [-0.1, -0.05) is 59.7 Å². The molecule has 0 unspecified atom stereocenters. The summed E-state index contributed by atoms with van der Waals surface area (Å²) in [6, 6.07) is 16.3. The molecule has 0 saturated heterocycles. The van der Waals surface area contributed by atoms with Crippen LogP contribution in [0.2, 0.25) is 0 Å². The van der Waals surface area contributed by atoms with E-state index in [0.29, 0.717) is 6.42 Å². The van der Waals surface area contributed by atoms with Crippen molar-refractivity contribution in [3.05, 3.63) is 87.7 Å². The van der Waals surface area contributed by atoms with Crippen molar-refractivity contribution in [2.75, 3.05) is 0 Å². The molecule has 0 atom stereocenters.